The van der Waals surface area contributed by atoms with Crippen LogP contribution in [0.2, 0.25) is 0 Å². The summed E-state index contributed by atoms with van der Waals surface area (Å²) in [5, 5.41) is 5.64. The van der Waals surface area contributed by atoms with Crippen molar-refractivity contribution in [2.45, 2.75) is 32.9 Å². The van der Waals surface area contributed by atoms with Crippen LogP contribution in [0.3, 0.4) is 0 Å². The standard InChI is InChI=1S/C14H20N2S/c1-3-7-15-12(2)13-6-8-16(10-13)11-14-5-4-9-17-14/h4-6,8-10,12,15H,3,7,11H2,1-2H3. The maximum Gasteiger partial charge on any atom is 0.0563 e. The molecule has 1 atom stereocenters. The van der Waals surface area contributed by atoms with Gasteiger partial charge in [-0.15, -0.1) is 11.3 Å². The van der Waals surface area contributed by atoms with Gasteiger partial charge in [0.25, 0.3) is 0 Å². The first-order chi connectivity index (χ1) is 8.29. The summed E-state index contributed by atoms with van der Waals surface area (Å²) >= 11 is 1.81. The van der Waals surface area contributed by atoms with Crippen LogP contribution >= 0.6 is 11.3 Å². The van der Waals surface area contributed by atoms with Crippen molar-refractivity contribution in [1.29, 1.82) is 0 Å². The van der Waals surface area contributed by atoms with Gasteiger partial charge >= 0.3 is 0 Å². The van der Waals surface area contributed by atoms with Crippen LogP contribution in [0.1, 0.15) is 36.8 Å². The van der Waals surface area contributed by atoms with Gasteiger partial charge in [-0.2, -0.15) is 0 Å². The van der Waals surface area contributed by atoms with Crippen LogP contribution in [0, 0.1) is 0 Å². The van der Waals surface area contributed by atoms with Crippen molar-refractivity contribution in [3.05, 3.63) is 46.4 Å². The van der Waals surface area contributed by atoms with E-state index in [1.54, 1.807) is 0 Å². The summed E-state index contributed by atoms with van der Waals surface area (Å²) in [5.74, 6) is 0. The second kappa shape index (κ2) is 6.03. The molecule has 92 valence electrons. The molecule has 0 saturated heterocycles. The largest absolute Gasteiger partial charge is 0.349 e. The first kappa shape index (κ1) is 12.4. The minimum Gasteiger partial charge on any atom is -0.349 e. The molecular formula is C14H20N2S. The van der Waals surface area contributed by atoms with Crippen LogP contribution in [0.5, 0.6) is 0 Å². The summed E-state index contributed by atoms with van der Waals surface area (Å²) in [7, 11) is 0. The van der Waals surface area contributed by atoms with Crippen LogP contribution < -0.4 is 5.32 Å². The Morgan fingerprint density at radius 3 is 3.00 bits per heavy atom. The third kappa shape index (κ3) is 3.45. The lowest BCUT2D eigenvalue weighted by Crippen LogP contribution is -2.18. The Kier molecular flexibility index (Phi) is 4.40. The van der Waals surface area contributed by atoms with Gasteiger partial charge in [-0.25, -0.2) is 0 Å². The highest BCUT2D eigenvalue weighted by atomic mass is 32.1. The third-order valence-corrected chi connectivity index (χ3v) is 3.75. The molecule has 17 heavy (non-hydrogen) atoms. The maximum atomic E-state index is 3.51. The number of hydrogen-bond donors (Lipinski definition) is 1. The lowest BCUT2D eigenvalue weighted by Gasteiger charge is -2.11. The highest BCUT2D eigenvalue weighted by Crippen LogP contribution is 2.15. The molecule has 3 heteroatoms. The lowest BCUT2D eigenvalue weighted by atomic mass is 10.2. The minimum atomic E-state index is 0.444. The summed E-state index contributed by atoms with van der Waals surface area (Å²) in [6, 6.07) is 6.94. The van der Waals surface area contributed by atoms with Crippen molar-refractivity contribution in [3.63, 3.8) is 0 Å². The zero-order chi connectivity index (χ0) is 12.1. The summed E-state index contributed by atoms with van der Waals surface area (Å²) in [4.78, 5) is 1.40. The van der Waals surface area contributed by atoms with E-state index in [0.29, 0.717) is 6.04 Å². The fourth-order valence-electron chi connectivity index (χ4n) is 1.88. The van der Waals surface area contributed by atoms with Crippen molar-refractivity contribution in [2.24, 2.45) is 0 Å². The third-order valence-electron chi connectivity index (χ3n) is 2.89. The molecule has 0 aliphatic carbocycles. The molecule has 1 N–H and O–H groups in total. The van der Waals surface area contributed by atoms with Gasteiger partial charge in [0, 0.05) is 23.3 Å². The Labute approximate surface area is 107 Å². The normalized spacial score (nSPS) is 12.8. The van der Waals surface area contributed by atoms with E-state index in [1.807, 2.05) is 11.3 Å². The summed E-state index contributed by atoms with van der Waals surface area (Å²) in [6.07, 6.45) is 5.59. The van der Waals surface area contributed by atoms with Crippen LogP contribution in [0.4, 0.5) is 0 Å². The molecule has 0 radical (unpaired) electrons. The predicted octanol–water partition coefficient (Wildman–Crippen LogP) is 3.66. The van der Waals surface area contributed by atoms with Crippen LogP contribution in [0.15, 0.2) is 36.0 Å². The number of thiophene rings is 1. The highest BCUT2D eigenvalue weighted by Gasteiger charge is 2.06. The molecule has 2 rings (SSSR count). The molecule has 2 aromatic rings. The van der Waals surface area contributed by atoms with Crippen molar-refractivity contribution >= 4 is 11.3 Å². The molecule has 2 nitrogen and oxygen atoms in total. The van der Waals surface area contributed by atoms with Crippen molar-refractivity contribution in [3.8, 4) is 0 Å². The zero-order valence-corrected chi connectivity index (χ0v) is 11.3. The van der Waals surface area contributed by atoms with E-state index >= 15 is 0 Å². The quantitative estimate of drug-likeness (QED) is 0.825. The zero-order valence-electron chi connectivity index (χ0n) is 10.5. The molecule has 2 aromatic heterocycles. The van der Waals surface area contributed by atoms with Crippen molar-refractivity contribution in [2.75, 3.05) is 6.54 Å². The molecule has 0 spiro atoms. The smallest absolute Gasteiger partial charge is 0.0563 e. The lowest BCUT2D eigenvalue weighted by molar-refractivity contribution is 0.569. The van der Waals surface area contributed by atoms with E-state index in [0.717, 1.165) is 13.1 Å². The number of aromatic nitrogens is 1. The van der Waals surface area contributed by atoms with Gasteiger partial charge in [0.1, 0.15) is 0 Å². The molecule has 0 bridgehead atoms. The molecule has 0 aliphatic heterocycles. The van der Waals surface area contributed by atoms with Gasteiger partial charge in [0.2, 0.25) is 0 Å². The summed E-state index contributed by atoms with van der Waals surface area (Å²) in [6.45, 7) is 6.48. The molecule has 0 amide bonds. The molecular weight excluding hydrogens is 228 g/mol. The number of nitrogens with zero attached hydrogens (tertiary/aromatic N) is 1. The van der Waals surface area contributed by atoms with E-state index < -0.39 is 0 Å². The molecule has 0 fully saturated rings. The van der Waals surface area contributed by atoms with E-state index in [9.17, 15) is 0 Å². The Morgan fingerprint density at radius 1 is 1.41 bits per heavy atom. The number of hydrogen-bond acceptors (Lipinski definition) is 2. The Morgan fingerprint density at radius 2 is 2.29 bits per heavy atom. The van der Waals surface area contributed by atoms with Crippen molar-refractivity contribution < 1.29 is 0 Å². The molecule has 0 saturated carbocycles. The Hall–Kier alpha value is -1.06. The molecule has 0 aromatic carbocycles. The fraction of sp³-hybridized carbons (Fsp3) is 0.429. The summed E-state index contributed by atoms with van der Waals surface area (Å²) < 4.78 is 2.26. The van der Waals surface area contributed by atoms with Gasteiger partial charge in [-0.05, 0) is 43.0 Å². The van der Waals surface area contributed by atoms with Gasteiger partial charge in [-0.1, -0.05) is 13.0 Å². The van der Waals surface area contributed by atoms with Crippen LogP contribution in [-0.2, 0) is 6.54 Å². The monoisotopic (exact) mass is 248 g/mol. The summed E-state index contributed by atoms with van der Waals surface area (Å²) in [5.41, 5.74) is 1.37. The topological polar surface area (TPSA) is 17.0 Å². The maximum absolute atomic E-state index is 3.51. The molecule has 0 aliphatic rings. The number of rotatable bonds is 6. The van der Waals surface area contributed by atoms with Crippen LogP contribution in [0.25, 0.3) is 0 Å². The SMILES string of the molecule is CCCNC(C)c1ccn(Cc2cccs2)c1. The second-order valence-electron chi connectivity index (χ2n) is 4.37. The fourth-order valence-corrected chi connectivity index (χ4v) is 2.59. The Balaban J connectivity index is 1.95. The van der Waals surface area contributed by atoms with E-state index in [1.165, 1.54) is 16.9 Å². The van der Waals surface area contributed by atoms with Crippen LogP contribution in [-0.4, -0.2) is 11.1 Å². The van der Waals surface area contributed by atoms with E-state index in [-0.39, 0.29) is 0 Å². The first-order valence-corrected chi connectivity index (χ1v) is 7.09. The van der Waals surface area contributed by atoms with Gasteiger partial charge in [0.05, 0.1) is 6.54 Å². The first-order valence-electron chi connectivity index (χ1n) is 6.21. The predicted molar refractivity (Wildman–Crippen MR) is 74.6 cm³/mol. The van der Waals surface area contributed by atoms with E-state index in [4.69, 9.17) is 0 Å². The second-order valence-corrected chi connectivity index (χ2v) is 5.40. The molecule has 2 heterocycles. The Bertz CT molecular complexity index is 431. The average molecular weight is 248 g/mol. The average Bonchev–Trinajstić information content (AvgIpc) is 2.98. The van der Waals surface area contributed by atoms with Crippen molar-refractivity contribution in [1.82, 2.24) is 9.88 Å². The van der Waals surface area contributed by atoms with E-state index in [2.05, 4.69) is 59.7 Å². The highest BCUT2D eigenvalue weighted by molar-refractivity contribution is 7.09. The van der Waals surface area contributed by atoms with Gasteiger partial charge < -0.3 is 9.88 Å². The number of nitrogens with one attached hydrogen (secondary N) is 1. The van der Waals surface area contributed by atoms with Gasteiger partial charge in [-0.3, -0.25) is 0 Å². The van der Waals surface area contributed by atoms with Gasteiger partial charge in [0.15, 0.2) is 0 Å². The molecule has 1 unspecified atom stereocenters. The minimum absolute atomic E-state index is 0.444.